The Morgan fingerprint density at radius 1 is 1.23 bits per heavy atom. The molecule has 0 atom stereocenters. The fourth-order valence-electron chi connectivity index (χ4n) is 3.94. The van der Waals surface area contributed by atoms with E-state index in [4.69, 9.17) is 0 Å². The van der Waals surface area contributed by atoms with Crippen molar-refractivity contribution in [2.75, 3.05) is 26.0 Å². The number of hydrogen-bond acceptors (Lipinski definition) is 4. The van der Waals surface area contributed by atoms with Gasteiger partial charge in [-0.1, -0.05) is 25.3 Å². The lowest BCUT2D eigenvalue weighted by Crippen LogP contribution is -2.29. The molecule has 1 saturated carbocycles. The molecule has 2 N–H and O–H groups in total. The van der Waals surface area contributed by atoms with Crippen LogP contribution in [0.3, 0.4) is 0 Å². The van der Waals surface area contributed by atoms with Gasteiger partial charge in [0.2, 0.25) is 5.95 Å². The molecule has 7 heteroatoms. The smallest absolute Gasteiger partial charge is 0.251 e. The Bertz CT molecular complexity index is 856. The van der Waals surface area contributed by atoms with Crippen LogP contribution in [0.25, 0.3) is 0 Å². The summed E-state index contributed by atoms with van der Waals surface area (Å²) >= 11 is 0. The van der Waals surface area contributed by atoms with Crippen molar-refractivity contribution in [3.63, 3.8) is 0 Å². The number of rotatable bonds is 6. The predicted molar refractivity (Wildman–Crippen MR) is 125 cm³/mol. The first kappa shape index (κ1) is 24.9. The minimum absolute atomic E-state index is 0.120. The molecule has 3 rings (SSSR count). The molecule has 0 spiro atoms. The molecule has 0 saturated heterocycles. The van der Waals surface area contributed by atoms with E-state index in [2.05, 4.69) is 34.7 Å². The van der Waals surface area contributed by atoms with Crippen LogP contribution in [0.2, 0.25) is 0 Å². The number of aromatic nitrogens is 2. The Kier molecular flexibility index (Phi) is 9.49. The number of benzene rings is 1. The molecule has 1 aromatic carbocycles. The second kappa shape index (κ2) is 11.8. The largest absolute Gasteiger partial charge is 0.385 e. The zero-order chi connectivity index (χ0) is 23.0. The van der Waals surface area contributed by atoms with Gasteiger partial charge in [0.05, 0.1) is 0 Å². The third kappa shape index (κ3) is 6.79. The minimum Gasteiger partial charge on any atom is -0.385 e. The van der Waals surface area contributed by atoms with Crippen molar-refractivity contribution in [1.82, 2.24) is 20.0 Å². The molecule has 0 aliphatic heterocycles. The van der Waals surface area contributed by atoms with Crippen LogP contribution >= 0.6 is 0 Å². The van der Waals surface area contributed by atoms with Crippen LogP contribution in [0.4, 0.5) is 10.1 Å². The van der Waals surface area contributed by atoms with Crippen molar-refractivity contribution in [2.45, 2.75) is 65.5 Å². The third-order valence-electron chi connectivity index (χ3n) is 6.09. The highest BCUT2D eigenvalue weighted by molar-refractivity contribution is 5.97. The number of nitrogens with zero attached hydrogens (tertiary/aromatic N) is 3. The molecule has 0 unspecified atom stereocenters. The number of anilines is 1. The van der Waals surface area contributed by atoms with Crippen molar-refractivity contribution in [3.05, 3.63) is 46.5 Å². The van der Waals surface area contributed by atoms with Gasteiger partial charge in [-0.25, -0.2) is 0 Å². The number of carbonyl (C=O) groups excluding carboxylic acids is 1. The zero-order valence-electron chi connectivity index (χ0n) is 19.9. The van der Waals surface area contributed by atoms with Gasteiger partial charge in [-0.15, -0.1) is 5.10 Å². The normalized spacial score (nSPS) is 14.2. The molecule has 1 fully saturated rings. The second-order valence-corrected chi connectivity index (χ2v) is 8.42. The predicted octanol–water partition coefficient (Wildman–Crippen LogP) is 4.42. The van der Waals surface area contributed by atoms with Crippen LogP contribution in [0.1, 0.15) is 66.2 Å². The number of amides is 1. The van der Waals surface area contributed by atoms with Gasteiger partial charge in [-0.3, -0.25) is 9.48 Å². The number of aryl methyl sites for hydroxylation is 1. The molecule has 31 heavy (non-hydrogen) atoms. The van der Waals surface area contributed by atoms with Gasteiger partial charge < -0.3 is 15.5 Å². The standard InChI is InChI=1S/C16H21FN4O.C8H17N/c1-5-18-14-8-6-7-12(10(14)2)16(22)19-9-13-11(3)21(4)20-15(13)17;1-9(2)8-6-4-3-5-7-8/h6-8,18H,5,9H2,1-4H3,(H,19,22);8H,3-7H2,1-2H3. The molecule has 6 nitrogen and oxygen atoms in total. The highest BCUT2D eigenvalue weighted by Crippen LogP contribution is 2.20. The van der Waals surface area contributed by atoms with Crippen LogP contribution < -0.4 is 10.6 Å². The van der Waals surface area contributed by atoms with Crippen molar-refractivity contribution in [1.29, 1.82) is 0 Å². The highest BCUT2D eigenvalue weighted by Gasteiger charge is 2.16. The van der Waals surface area contributed by atoms with E-state index in [-0.39, 0.29) is 12.5 Å². The van der Waals surface area contributed by atoms with Crippen LogP contribution in [-0.2, 0) is 13.6 Å². The number of nitrogens with one attached hydrogen (secondary N) is 2. The van der Waals surface area contributed by atoms with Crippen LogP contribution in [0, 0.1) is 19.8 Å². The summed E-state index contributed by atoms with van der Waals surface area (Å²) in [5, 5.41) is 9.68. The van der Waals surface area contributed by atoms with Gasteiger partial charge in [-0.2, -0.15) is 4.39 Å². The van der Waals surface area contributed by atoms with E-state index >= 15 is 0 Å². The lowest BCUT2D eigenvalue weighted by molar-refractivity contribution is 0.0950. The average molecular weight is 432 g/mol. The maximum atomic E-state index is 13.7. The number of hydrogen-bond donors (Lipinski definition) is 2. The van der Waals surface area contributed by atoms with Crippen molar-refractivity contribution < 1.29 is 9.18 Å². The second-order valence-electron chi connectivity index (χ2n) is 8.42. The first-order chi connectivity index (χ1) is 14.8. The van der Waals surface area contributed by atoms with Gasteiger partial charge >= 0.3 is 0 Å². The number of halogens is 1. The summed E-state index contributed by atoms with van der Waals surface area (Å²) in [6, 6.07) is 6.41. The van der Waals surface area contributed by atoms with E-state index < -0.39 is 5.95 Å². The fraction of sp³-hybridized carbons (Fsp3) is 0.583. The summed E-state index contributed by atoms with van der Waals surface area (Å²) in [5.74, 6) is -0.765. The van der Waals surface area contributed by atoms with E-state index in [1.165, 1.54) is 36.8 Å². The molecule has 0 bridgehead atoms. The molecule has 1 aromatic heterocycles. The monoisotopic (exact) mass is 431 g/mol. The van der Waals surface area contributed by atoms with Crippen LogP contribution in [0.5, 0.6) is 0 Å². The van der Waals surface area contributed by atoms with Crippen LogP contribution in [-0.4, -0.2) is 47.3 Å². The Morgan fingerprint density at radius 3 is 2.42 bits per heavy atom. The summed E-state index contributed by atoms with van der Waals surface area (Å²) in [6.07, 6.45) is 7.20. The van der Waals surface area contributed by atoms with Gasteiger partial charge in [0, 0.05) is 48.7 Å². The molecule has 1 heterocycles. The quantitative estimate of drug-likeness (QED) is 0.711. The lowest BCUT2D eigenvalue weighted by atomic mass is 9.95. The Balaban J connectivity index is 0.000000316. The molecule has 0 radical (unpaired) electrons. The maximum absolute atomic E-state index is 13.7. The molecule has 1 aliphatic rings. The van der Waals surface area contributed by atoms with Gasteiger partial charge in [-0.05, 0) is 65.4 Å². The minimum atomic E-state index is -0.543. The third-order valence-corrected chi connectivity index (χ3v) is 6.09. The maximum Gasteiger partial charge on any atom is 0.251 e. The summed E-state index contributed by atoms with van der Waals surface area (Å²) in [5.41, 5.74) is 3.51. The van der Waals surface area contributed by atoms with E-state index in [0.717, 1.165) is 23.8 Å². The first-order valence-electron chi connectivity index (χ1n) is 11.2. The van der Waals surface area contributed by atoms with Crippen molar-refractivity contribution in [3.8, 4) is 0 Å². The van der Waals surface area contributed by atoms with Crippen molar-refractivity contribution in [2.24, 2.45) is 7.05 Å². The molecule has 2 aromatic rings. The topological polar surface area (TPSA) is 62.2 Å². The summed E-state index contributed by atoms with van der Waals surface area (Å²) in [4.78, 5) is 14.7. The summed E-state index contributed by atoms with van der Waals surface area (Å²) in [7, 11) is 6.06. The number of carbonyl (C=O) groups is 1. The summed E-state index contributed by atoms with van der Waals surface area (Å²) < 4.78 is 15.1. The van der Waals surface area contributed by atoms with Gasteiger partial charge in [0.25, 0.3) is 5.91 Å². The Morgan fingerprint density at radius 2 is 1.90 bits per heavy atom. The Hall–Kier alpha value is -2.41. The fourth-order valence-corrected chi connectivity index (χ4v) is 3.94. The van der Waals surface area contributed by atoms with E-state index in [9.17, 15) is 9.18 Å². The first-order valence-corrected chi connectivity index (χ1v) is 11.2. The molecular formula is C24H38FN5O. The summed E-state index contributed by atoms with van der Waals surface area (Å²) in [6.45, 7) is 6.57. The average Bonchev–Trinajstić information content (AvgIpc) is 3.00. The molecule has 1 aliphatic carbocycles. The Labute approximate surface area is 186 Å². The molecular weight excluding hydrogens is 393 g/mol. The van der Waals surface area contributed by atoms with Gasteiger partial charge in [0.15, 0.2) is 0 Å². The van der Waals surface area contributed by atoms with Crippen LogP contribution in [0.15, 0.2) is 18.2 Å². The highest BCUT2D eigenvalue weighted by atomic mass is 19.1. The zero-order valence-corrected chi connectivity index (χ0v) is 19.9. The SMILES string of the molecule is CCNc1cccc(C(=O)NCc2c(F)nn(C)c2C)c1C.CN(C)C1CCCCC1. The van der Waals surface area contributed by atoms with Crippen molar-refractivity contribution >= 4 is 11.6 Å². The van der Waals surface area contributed by atoms with E-state index in [0.29, 0.717) is 16.8 Å². The van der Waals surface area contributed by atoms with Gasteiger partial charge in [0.1, 0.15) is 0 Å². The van der Waals surface area contributed by atoms with E-state index in [1.54, 1.807) is 20.0 Å². The lowest BCUT2D eigenvalue weighted by Gasteiger charge is -2.27. The van der Waals surface area contributed by atoms with E-state index in [1.807, 2.05) is 26.0 Å². The molecule has 172 valence electrons. The molecule has 1 amide bonds.